The van der Waals surface area contributed by atoms with Crippen molar-refractivity contribution in [2.45, 2.75) is 77.8 Å². The molecule has 0 aromatic carbocycles. The summed E-state index contributed by atoms with van der Waals surface area (Å²) in [6, 6.07) is 0.398. The lowest BCUT2D eigenvalue weighted by molar-refractivity contribution is -0.124. The van der Waals surface area contributed by atoms with Gasteiger partial charge in [-0.1, -0.05) is 26.7 Å². The van der Waals surface area contributed by atoms with Crippen molar-refractivity contribution in [3.8, 4) is 0 Å². The van der Waals surface area contributed by atoms with Crippen LogP contribution in [0.15, 0.2) is 0 Å². The number of carbonyl (C=O) groups excluding carboxylic acids is 1. The van der Waals surface area contributed by atoms with Gasteiger partial charge in [-0.3, -0.25) is 4.79 Å². The van der Waals surface area contributed by atoms with Crippen molar-refractivity contribution in [1.29, 1.82) is 0 Å². The molecule has 0 spiro atoms. The van der Waals surface area contributed by atoms with Crippen LogP contribution in [0.4, 0.5) is 0 Å². The zero-order chi connectivity index (χ0) is 15.9. The van der Waals surface area contributed by atoms with E-state index in [4.69, 9.17) is 5.73 Å². The predicted octanol–water partition coefficient (Wildman–Crippen LogP) is 2.52. The molecule has 1 fully saturated rings. The highest BCUT2D eigenvalue weighted by molar-refractivity contribution is 5.84. The van der Waals surface area contributed by atoms with Crippen LogP contribution in [0, 0.1) is 5.92 Å². The predicted molar refractivity (Wildman–Crippen MR) is 89.2 cm³/mol. The lowest BCUT2D eigenvalue weighted by Crippen LogP contribution is -2.57. The summed E-state index contributed by atoms with van der Waals surface area (Å²) in [5, 5.41) is 3.34. The van der Waals surface area contributed by atoms with Crippen molar-refractivity contribution < 1.29 is 4.79 Å². The Balaban J connectivity index is 2.50. The van der Waals surface area contributed by atoms with Crippen LogP contribution in [0.3, 0.4) is 0 Å². The quantitative estimate of drug-likeness (QED) is 0.687. The Bertz CT molecular complexity index is 313. The standard InChI is InChI=1S/C17H35N3O/c1-5-7-15-8-11-20(12-9-15)14(3)13-17(4,16(18)21)19-10-6-2/h14-15,19H,5-13H2,1-4H3,(H2,18,21). The second-order valence-corrected chi connectivity index (χ2v) is 6.94. The van der Waals surface area contributed by atoms with Gasteiger partial charge in [0.25, 0.3) is 0 Å². The maximum atomic E-state index is 11.8. The van der Waals surface area contributed by atoms with Gasteiger partial charge in [-0.2, -0.15) is 0 Å². The summed E-state index contributed by atoms with van der Waals surface area (Å²) in [7, 11) is 0. The Labute approximate surface area is 130 Å². The molecular weight excluding hydrogens is 262 g/mol. The summed E-state index contributed by atoms with van der Waals surface area (Å²) in [4.78, 5) is 14.4. The molecular formula is C17H35N3O. The van der Waals surface area contributed by atoms with Crippen LogP contribution in [-0.2, 0) is 4.79 Å². The third-order valence-electron chi connectivity index (χ3n) is 4.98. The van der Waals surface area contributed by atoms with Crippen molar-refractivity contribution in [3.63, 3.8) is 0 Å². The number of nitrogens with zero attached hydrogens (tertiary/aromatic N) is 1. The number of carbonyl (C=O) groups is 1. The monoisotopic (exact) mass is 297 g/mol. The summed E-state index contributed by atoms with van der Waals surface area (Å²) in [5.41, 5.74) is 5.04. The molecule has 1 saturated heterocycles. The van der Waals surface area contributed by atoms with E-state index in [1.807, 2.05) is 6.92 Å². The first-order valence-electron chi connectivity index (χ1n) is 8.72. The minimum absolute atomic E-state index is 0.233. The highest BCUT2D eigenvalue weighted by atomic mass is 16.1. The van der Waals surface area contributed by atoms with E-state index in [0.717, 1.165) is 38.4 Å². The molecule has 0 aromatic rings. The Morgan fingerprint density at radius 3 is 2.43 bits per heavy atom. The first-order valence-corrected chi connectivity index (χ1v) is 8.72. The van der Waals surface area contributed by atoms with Gasteiger partial charge in [0, 0.05) is 6.04 Å². The van der Waals surface area contributed by atoms with Crippen LogP contribution in [0.5, 0.6) is 0 Å². The first kappa shape index (κ1) is 18.4. The van der Waals surface area contributed by atoms with Crippen LogP contribution in [0.25, 0.3) is 0 Å². The van der Waals surface area contributed by atoms with Gasteiger partial charge in [0.15, 0.2) is 0 Å². The second kappa shape index (κ2) is 8.74. The van der Waals surface area contributed by atoms with E-state index in [9.17, 15) is 4.79 Å². The zero-order valence-electron chi connectivity index (χ0n) is 14.5. The number of rotatable bonds is 9. The van der Waals surface area contributed by atoms with E-state index < -0.39 is 5.54 Å². The molecule has 124 valence electrons. The molecule has 2 atom stereocenters. The third kappa shape index (κ3) is 5.59. The summed E-state index contributed by atoms with van der Waals surface area (Å²) >= 11 is 0. The lowest BCUT2D eigenvalue weighted by atomic mass is 9.88. The maximum Gasteiger partial charge on any atom is 0.237 e. The largest absolute Gasteiger partial charge is 0.368 e. The van der Waals surface area contributed by atoms with Crippen LogP contribution in [0.2, 0.25) is 0 Å². The van der Waals surface area contributed by atoms with E-state index in [1.165, 1.54) is 25.7 Å². The minimum atomic E-state index is -0.588. The molecule has 0 aliphatic carbocycles. The summed E-state index contributed by atoms with van der Waals surface area (Å²) < 4.78 is 0. The second-order valence-electron chi connectivity index (χ2n) is 6.94. The van der Waals surface area contributed by atoms with Crippen molar-refractivity contribution in [2.75, 3.05) is 19.6 Å². The third-order valence-corrected chi connectivity index (χ3v) is 4.98. The highest BCUT2D eigenvalue weighted by Crippen LogP contribution is 2.25. The van der Waals surface area contributed by atoms with E-state index in [0.29, 0.717) is 6.04 Å². The number of nitrogens with one attached hydrogen (secondary N) is 1. The molecule has 4 heteroatoms. The molecule has 1 heterocycles. The smallest absolute Gasteiger partial charge is 0.237 e. The number of nitrogens with two attached hydrogens (primary N) is 1. The number of piperidine rings is 1. The fourth-order valence-corrected chi connectivity index (χ4v) is 3.47. The van der Waals surface area contributed by atoms with Crippen molar-refractivity contribution in [1.82, 2.24) is 10.2 Å². The fraction of sp³-hybridized carbons (Fsp3) is 0.941. The first-order chi connectivity index (χ1) is 9.92. The van der Waals surface area contributed by atoms with Gasteiger partial charge in [0.2, 0.25) is 5.91 Å². The molecule has 0 radical (unpaired) electrons. The minimum Gasteiger partial charge on any atom is -0.368 e. The molecule has 3 N–H and O–H groups in total. The van der Waals surface area contributed by atoms with Crippen LogP contribution in [-0.4, -0.2) is 42.0 Å². The van der Waals surface area contributed by atoms with Gasteiger partial charge in [0.1, 0.15) is 0 Å². The van der Waals surface area contributed by atoms with Gasteiger partial charge < -0.3 is 16.0 Å². The maximum absolute atomic E-state index is 11.8. The Morgan fingerprint density at radius 1 is 1.33 bits per heavy atom. The fourth-order valence-electron chi connectivity index (χ4n) is 3.47. The normalized spacial score (nSPS) is 21.9. The molecule has 0 saturated carbocycles. The van der Waals surface area contributed by atoms with Gasteiger partial charge in [0.05, 0.1) is 5.54 Å². The van der Waals surface area contributed by atoms with Gasteiger partial charge in [-0.15, -0.1) is 0 Å². The van der Waals surface area contributed by atoms with Crippen molar-refractivity contribution in [2.24, 2.45) is 11.7 Å². The zero-order valence-corrected chi connectivity index (χ0v) is 14.5. The van der Waals surface area contributed by atoms with Crippen LogP contribution >= 0.6 is 0 Å². The Morgan fingerprint density at radius 2 is 1.95 bits per heavy atom. The number of hydrogen-bond donors (Lipinski definition) is 2. The SMILES string of the molecule is CCCNC(C)(CC(C)N1CCC(CCC)CC1)C(N)=O. The molecule has 1 amide bonds. The van der Waals surface area contributed by atoms with Gasteiger partial charge in [-0.05, 0) is 65.1 Å². The van der Waals surface area contributed by atoms with Gasteiger partial charge in [-0.25, -0.2) is 0 Å². The molecule has 21 heavy (non-hydrogen) atoms. The molecule has 1 rings (SSSR count). The number of hydrogen-bond acceptors (Lipinski definition) is 3. The Hall–Kier alpha value is -0.610. The molecule has 1 aliphatic rings. The summed E-state index contributed by atoms with van der Waals surface area (Å²) in [6.45, 7) is 11.7. The highest BCUT2D eigenvalue weighted by Gasteiger charge is 2.34. The lowest BCUT2D eigenvalue weighted by Gasteiger charge is -2.39. The summed E-state index contributed by atoms with van der Waals surface area (Å²) in [5.74, 6) is 0.669. The van der Waals surface area contributed by atoms with Gasteiger partial charge >= 0.3 is 0 Å². The number of primary amides is 1. The number of likely N-dealkylation sites (tertiary alicyclic amines) is 1. The van der Waals surface area contributed by atoms with E-state index in [-0.39, 0.29) is 5.91 Å². The van der Waals surface area contributed by atoms with E-state index in [2.05, 4.69) is 31.0 Å². The van der Waals surface area contributed by atoms with E-state index in [1.54, 1.807) is 0 Å². The molecule has 0 bridgehead atoms. The molecule has 1 aliphatic heterocycles. The summed E-state index contributed by atoms with van der Waals surface area (Å²) in [6.07, 6.45) is 7.06. The average Bonchev–Trinajstić information content (AvgIpc) is 2.46. The molecule has 2 unspecified atom stereocenters. The molecule has 4 nitrogen and oxygen atoms in total. The number of amides is 1. The Kier molecular flexibility index (Phi) is 7.67. The van der Waals surface area contributed by atoms with Crippen molar-refractivity contribution >= 4 is 5.91 Å². The molecule has 0 aromatic heterocycles. The average molecular weight is 297 g/mol. The topological polar surface area (TPSA) is 58.4 Å². The van der Waals surface area contributed by atoms with Crippen LogP contribution in [0.1, 0.15) is 66.2 Å². The van der Waals surface area contributed by atoms with Crippen LogP contribution < -0.4 is 11.1 Å². The van der Waals surface area contributed by atoms with Crippen molar-refractivity contribution in [3.05, 3.63) is 0 Å². The van der Waals surface area contributed by atoms with E-state index >= 15 is 0 Å².